The SMILES string of the molecule is CCNC(=NCc1nc(C)c(C)s1)Nc1ccc(OCC)c(OC)c1. The topological polar surface area (TPSA) is 67.8 Å². The smallest absolute Gasteiger partial charge is 0.196 e. The maximum Gasteiger partial charge on any atom is 0.196 e. The number of aliphatic imine (C=N–C) groups is 1. The molecule has 136 valence electrons. The molecule has 0 spiro atoms. The van der Waals surface area contributed by atoms with Gasteiger partial charge >= 0.3 is 0 Å². The highest BCUT2D eigenvalue weighted by Crippen LogP contribution is 2.30. The zero-order chi connectivity index (χ0) is 18.2. The van der Waals surface area contributed by atoms with E-state index in [4.69, 9.17) is 9.47 Å². The number of thiazole rings is 1. The third-order valence-corrected chi connectivity index (χ3v) is 4.57. The number of aryl methyl sites for hydroxylation is 2. The Balaban J connectivity index is 2.13. The summed E-state index contributed by atoms with van der Waals surface area (Å²) in [5, 5.41) is 7.55. The van der Waals surface area contributed by atoms with Gasteiger partial charge in [-0.1, -0.05) is 0 Å². The second kappa shape index (κ2) is 9.27. The van der Waals surface area contributed by atoms with Crippen molar-refractivity contribution in [2.24, 2.45) is 4.99 Å². The number of benzene rings is 1. The summed E-state index contributed by atoms with van der Waals surface area (Å²) >= 11 is 1.68. The highest BCUT2D eigenvalue weighted by Gasteiger charge is 2.08. The number of rotatable bonds is 7. The van der Waals surface area contributed by atoms with Crippen LogP contribution in [0.3, 0.4) is 0 Å². The van der Waals surface area contributed by atoms with Crippen molar-refractivity contribution in [2.75, 3.05) is 25.6 Å². The molecule has 0 aliphatic carbocycles. The lowest BCUT2D eigenvalue weighted by atomic mass is 10.2. The van der Waals surface area contributed by atoms with Crippen molar-refractivity contribution >= 4 is 23.0 Å². The number of anilines is 1. The number of nitrogens with one attached hydrogen (secondary N) is 2. The Morgan fingerprint density at radius 3 is 2.64 bits per heavy atom. The fraction of sp³-hybridized carbons (Fsp3) is 0.444. The standard InChI is InChI=1S/C18H26N4O2S/c1-6-19-18(20-11-17-21-12(3)13(4)25-17)22-14-8-9-15(24-7-2)16(10-14)23-5/h8-10H,6-7,11H2,1-5H3,(H2,19,20,22). The number of nitrogens with zero attached hydrogens (tertiary/aromatic N) is 2. The second-order valence-electron chi connectivity index (χ2n) is 5.37. The highest BCUT2D eigenvalue weighted by molar-refractivity contribution is 7.11. The molecule has 0 amide bonds. The fourth-order valence-corrected chi connectivity index (χ4v) is 3.08. The molecule has 7 heteroatoms. The zero-order valence-corrected chi connectivity index (χ0v) is 16.3. The first-order chi connectivity index (χ1) is 12.1. The largest absolute Gasteiger partial charge is 0.493 e. The second-order valence-corrected chi connectivity index (χ2v) is 6.66. The van der Waals surface area contributed by atoms with E-state index in [1.165, 1.54) is 4.88 Å². The van der Waals surface area contributed by atoms with Crippen molar-refractivity contribution in [3.63, 3.8) is 0 Å². The summed E-state index contributed by atoms with van der Waals surface area (Å²) in [6, 6.07) is 5.73. The predicted octanol–water partition coefficient (Wildman–Crippen LogP) is 3.74. The summed E-state index contributed by atoms with van der Waals surface area (Å²) in [4.78, 5) is 10.4. The quantitative estimate of drug-likeness (QED) is 0.580. The van der Waals surface area contributed by atoms with E-state index in [0.717, 1.165) is 28.7 Å². The van der Waals surface area contributed by atoms with E-state index in [1.54, 1.807) is 18.4 Å². The minimum atomic E-state index is 0.544. The van der Waals surface area contributed by atoms with Gasteiger partial charge in [-0.05, 0) is 39.8 Å². The van der Waals surface area contributed by atoms with Crippen LogP contribution in [0.5, 0.6) is 11.5 Å². The van der Waals surface area contributed by atoms with Gasteiger partial charge in [0.15, 0.2) is 17.5 Å². The molecule has 0 bridgehead atoms. The van der Waals surface area contributed by atoms with E-state index in [-0.39, 0.29) is 0 Å². The van der Waals surface area contributed by atoms with Crippen LogP contribution in [0.1, 0.15) is 29.4 Å². The van der Waals surface area contributed by atoms with Crippen LogP contribution < -0.4 is 20.1 Å². The highest BCUT2D eigenvalue weighted by atomic mass is 32.1. The molecule has 1 aromatic heterocycles. The van der Waals surface area contributed by atoms with Gasteiger partial charge in [-0.15, -0.1) is 11.3 Å². The maximum absolute atomic E-state index is 5.55. The number of aromatic nitrogens is 1. The molecule has 2 N–H and O–H groups in total. The van der Waals surface area contributed by atoms with Crippen molar-refractivity contribution in [1.82, 2.24) is 10.3 Å². The van der Waals surface area contributed by atoms with Crippen LogP contribution >= 0.6 is 11.3 Å². The van der Waals surface area contributed by atoms with Gasteiger partial charge in [-0.2, -0.15) is 0 Å². The molecule has 0 radical (unpaired) electrons. The van der Waals surface area contributed by atoms with Gasteiger partial charge in [0.05, 0.1) is 26.0 Å². The summed E-state index contributed by atoms with van der Waals surface area (Å²) in [7, 11) is 1.63. The summed E-state index contributed by atoms with van der Waals surface area (Å²) in [6.07, 6.45) is 0. The van der Waals surface area contributed by atoms with E-state index in [0.29, 0.717) is 24.9 Å². The number of guanidine groups is 1. The molecule has 0 saturated carbocycles. The Kier molecular flexibility index (Phi) is 7.06. The molecule has 6 nitrogen and oxygen atoms in total. The molecule has 0 saturated heterocycles. The lowest BCUT2D eigenvalue weighted by Gasteiger charge is -2.14. The molecule has 1 heterocycles. The predicted molar refractivity (Wildman–Crippen MR) is 104 cm³/mol. The van der Waals surface area contributed by atoms with Gasteiger partial charge in [-0.3, -0.25) is 0 Å². The molecule has 2 rings (SSSR count). The summed E-state index contributed by atoms with van der Waals surface area (Å²) in [5.74, 6) is 2.12. The van der Waals surface area contributed by atoms with Crippen molar-refractivity contribution in [1.29, 1.82) is 0 Å². The Morgan fingerprint density at radius 2 is 2.04 bits per heavy atom. The Morgan fingerprint density at radius 1 is 1.24 bits per heavy atom. The molecular weight excluding hydrogens is 336 g/mol. The van der Waals surface area contributed by atoms with Gasteiger partial charge in [0, 0.05) is 23.2 Å². The van der Waals surface area contributed by atoms with Crippen LogP contribution in [0, 0.1) is 13.8 Å². The number of hydrogen-bond donors (Lipinski definition) is 2. The summed E-state index contributed by atoms with van der Waals surface area (Å²) < 4.78 is 10.9. The Labute approximate surface area is 153 Å². The molecule has 0 aliphatic heterocycles. The van der Waals surface area contributed by atoms with Crippen LogP contribution in [0.15, 0.2) is 23.2 Å². The number of hydrogen-bond acceptors (Lipinski definition) is 5. The average molecular weight is 362 g/mol. The van der Waals surface area contributed by atoms with Gasteiger partial charge in [-0.25, -0.2) is 9.98 Å². The first kappa shape index (κ1) is 19.1. The lowest BCUT2D eigenvalue weighted by Crippen LogP contribution is -2.30. The van der Waals surface area contributed by atoms with Crippen LogP contribution in [0.2, 0.25) is 0 Å². The lowest BCUT2D eigenvalue weighted by molar-refractivity contribution is 0.311. The first-order valence-electron chi connectivity index (χ1n) is 8.36. The molecule has 25 heavy (non-hydrogen) atoms. The third-order valence-electron chi connectivity index (χ3n) is 3.52. The molecule has 0 aliphatic rings. The Bertz CT molecular complexity index is 708. The van der Waals surface area contributed by atoms with E-state index in [2.05, 4.69) is 27.5 Å². The van der Waals surface area contributed by atoms with E-state index in [9.17, 15) is 0 Å². The molecule has 1 aromatic carbocycles. The van der Waals surface area contributed by atoms with E-state index in [1.807, 2.05) is 39.0 Å². The van der Waals surface area contributed by atoms with E-state index < -0.39 is 0 Å². The van der Waals surface area contributed by atoms with E-state index >= 15 is 0 Å². The van der Waals surface area contributed by atoms with Gasteiger partial charge < -0.3 is 20.1 Å². The van der Waals surface area contributed by atoms with Crippen molar-refractivity contribution < 1.29 is 9.47 Å². The van der Waals surface area contributed by atoms with Crippen molar-refractivity contribution in [3.05, 3.63) is 33.8 Å². The third kappa shape index (κ3) is 5.35. The monoisotopic (exact) mass is 362 g/mol. The normalized spacial score (nSPS) is 11.3. The van der Waals surface area contributed by atoms with Gasteiger partial charge in [0.2, 0.25) is 0 Å². The summed E-state index contributed by atoms with van der Waals surface area (Å²) in [5.41, 5.74) is 1.95. The summed E-state index contributed by atoms with van der Waals surface area (Å²) in [6.45, 7) is 10.0. The van der Waals surface area contributed by atoms with Crippen molar-refractivity contribution in [2.45, 2.75) is 34.2 Å². The van der Waals surface area contributed by atoms with Gasteiger partial charge in [0.1, 0.15) is 5.01 Å². The molecule has 0 atom stereocenters. The Hall–Kier alpha value is -2.28. The van der Waals surface area contributed by atoms with Crippen LogP contribution in [-0.2, 0) is 6.54 Å². The maximum atomic E-state index is 5.55. The fourth-order valence-electron chi connectivity index (χ4n) is 2.22. The average Bonchev–Trinajstić information content (AvgIpc) is 2.92. The zero-order valence-electron chi connectivity index (χ0n) is 15.5. The van der Waals surface area contributed by atoms with Crippen LogP contribution in [0.25, 0.3) is 0 Å². The van der Waals surface area contributed by atoms with Crippen LogP contribution in [0.4, 0.5) is 5.69 Å². The minimum Gasteiger partial charge on any atom is -0.493 e. The molecule has 2 aromatic rings. The molecular formula is C18H26N4O2S. The minimum absolute atomic E-state index is 0.544. The number of ether oxygens (including phenoxy) is 2. The molecule has 0 unspecified atom stereocenters. The van der Waals surface area contributed by atoms with Crippen molar-refractivity contribution in [3.8, 4) is 11.5 Å². The van der Waals surface area contributed by atoms with Gasteiger partial charge in [0.25, 0.3) is 0 Å². The number of methoxy groups -OCH3 is 1. The molecule has 0 fully saturated rings. The first-order valence-corrected chi connectivity index (χ1v) is 9.18. The van der Waals surface area contributed by atoms with Crippen LogP contribution in [-0.4, -0.2) is 31.2 Å².